The largest absolute Gasteiger partial charge is 0.469 e. The highest BCUT2D eigenvalue weighted by Gasteiger charge is 2.23. The Labute approximate surface area is 284 Å². The van der Waals surface area contributed by atoms with Gasteiger partial charge in [-0.2, -0.15) is 0 Å². The summed E-state index contributed by atoms with van der Waals surface area (Å²) in [5.74, 6) is -0.338. The van der Waals surface area contributed by atoms with Crippen molar-refractivity contribution in [3.8, 4) is 0 Å². The molecule has 0 fully saturated rings. The number of phosphoric acid groups is 1. The summed E-state index contributed by atoms with van der Waals surface area (Å²) < 4.78 is 26.1. The van der Waals surface area contributed by atoms with Gasteiger partial charge in [-0.3, -0.25) is 14.1 Å². The van der Waals surface area contributed by atoms with E-state index in [1.165, 1.54) is 32.1 Å². The smallest absolute Gasteiger partial charge is 0.462 e. The van der Waals surface area contributed by atoms with Crippen LogP contribution in [0.5, 0.6) is 0 Å². The molecule has 0 rings (SSSR count). The Bertz CT molecular complexity index is 978. The van der Waals surface area contributed by atoms with Crippen molar-refractivity contribution < 1.29 is 43.0 Å². The molecule has 0 saturated carbocycles. The van der Waals surface area contributed by atoms with Crippen LogP contribution in [-0.4, -0.2) is 52.3 Å². The predicted octanol–water partition coefficient (Wildman–Crippen LogP) is 9.00. The molecule has 0 saturated heterocycles. The van der Waals surface area contributed by atoms with E-state index in [-0.39, 0.29) is 19.4 Å². The minimum absolute atomic E-state index is 0.0209. The fraction of sp³-hybridized carbons (Fsp3) is 0.676. The lowest BCUT2D eigenvalue weighted by atomic mass is 10.0. The Morgan fingerprint density at radius 1 is 0.681 bits per heavy atom. The van der Waals surface area contributed by atoms with Gasteiger partial charge in [0.2, 0.25) is 0 Å². The Kier molecular flexibility index (Phi) is 29.5. The minimum Gasteiger partial charge on any atom is -0.462 e. The maximum absolute atomic E-state index is 12.3. The van der Waals surface area contributed by atoms with Crippen LogP contribution in [0.15, 0.2) is 60.8 Å². The summed E-state index contributed by atoms with van der Waals surface area (Å²) in [5, 5.41) is 10.2. The monoisotopic (exact) mass is 682 g/mol. The van der Waals surface area contributed by atoms with Crippen LogP contribution in [0.2, 0.25) is 0 Å². The summed E-state index contributed by atoms with van der Waals surface area (Å²) in [6.45, 7) is 5.64. The number of carbonyl (C=O) groups is 2. The van der Waals surface area contributed by atoms with Crippen molar-refractivity contribution in [2.45, 2.75) is 142 Å². The summed E-state index contributed by atoms with van der Waals surface area (Å²) in [6, 6.07) is 0. The van der Waals surface area contributed by atoms with E-state index < -0.39 is 38.6 Å². The minimum atomic E-state index is -4.80. The van der Waals surface area contributed by atoms with Crippen molar-refractivity contribution in [2.24, 2.45) is 5.92 Å². The summed E-state index contributed by atoms with van der Waals surface area (Å²) in [6.07, 6.45) is 32.8. The van der Waals surface area contributed by atoms with Crippen molar-refractivity contribution in [3.05, 3.63) is 60.8 Å². The Hall–Kier alpha value is -2.29. The lowest BCUT2D eigenvalue weighted by Crippen LogP contribution is -2.29. The van der Waals surface area contributed by atoms with Gasteiger partial charge in [0, 0.05) is 12.8 Å². The molecular weight excluding hydrogens is 619 g/mol. The van der Waals surface area contributed by atoms with Crippen LogP contribution in [0, 0.1) is 5.92 Å². The van der Waals surface area contributed by atoms with E-state index in [0.29, 0.717) is 19.3 Å². The first kappa shape index (κ1) is 44.7. The van der Waals surface area contributed by atoms with Gasteiger partial charge >= 0.3 is 19.8 Å². The molecule has 9 nitrogen and oxygen atoms in total. The zero-order valence-corrected chi connectivity index (χ0v) is 30.1. The van der Waals surface area contributed by atoms with Crippen LogP contribution in [0.1, 0.15) is 130 Å². The SMILES string of the molecule is CC/C=C\C/C=C\C/C=C\C/C=C\C=C\C(O)CCCC(=O)O[C@H](COC(=O)CCCCCCCCCCC(C)C)COP(=O)(O)O. The highest BCUT2D eigenvalue weighted by Crippen LogP contribution is 2.36. The molecule has 0 aliphatic rings. The highest BCUT2D eigenvalue weighted by atomic mass is 31.2. The Balaban J connectivity index is 4.26. The standard InChI is InChI=1S/C37H63O9P/c1-4-5-6-7-8-9-10-11-12-13-17-20-23-27-34(38)28-25-30-37(40)46-35(32-45-47(41,42)43)31-44-36(39)29-24-21-18-15-14-16-19-22-26-33(2)3/h5-6,8-9,11-12,17,20,23,27,33-35,38H,4,7,10,13-16,18-19,21-22,24-26,28-32H2,1-3H3,(H2,41,42,43)/b6-5-,9-8-,12-11-,20-17-,27-23+/t34?,35-/m1/s1. The number of rotatable bonds is 30. The molecule has 1 unspecified atom stereocenters. The van der Waals surface area contributed by atoms with E-state index in [9.17, 15) is 19.3 Å². The van der Waals surface area contributed by atoms with Gasteiger partial charge in [-0.05, 0) is 50.9 Å². The average Bonchev–Trinajstić information content (AvgIpc) is 3.01. The van der Waals surface area contributed by atoms with E-state index in [2.05, 4.69) is 61.8 Å². The second kappa shape index (κ2) is 31.0. The second-order valence-corrected chi connectivity index (χ2v) is 13.4. The number of esters is 2. The van der Waals surface area contributed by atoms with E-state index in [1.54, 1.807) is 12.2 Å². The van der Waals surface area contributed by atoms with Gasteiger partial charge < -0.3 is 24.4 Å². The number of aliphatic hydroxyl groups excluding tert-OH is 1. The lowest BCUT2D eigenvalue weighted by Gasteiger charge is -2.18. The van der Waals surface area contributed by atoms with Crippen molar-refractivity contribution >= 4 is 19.8 Å². The van der Waals surface area contributed by atoms with E-state index in [0.717, 1.165) is 50.9 Å². The molecule has 0 aliphatic heterocycles. The Morgan fingerprint density at radius 2 is 1.23 bits per heavy atom. The van der Waals surface area contributed by atoms with Crippen molar-refractivity contribution in [2.75, 3.05) is 13.2 Å². The number of carbonyl (C=O) groups excluding carboxylic acids is 2. The molecule has 0 bridgehead atoms. The van der Waals surface area contributed by atoms with E-state index in [4.69, 9.17) is 19.3 Å². The fourth-order valence-corrected chi connectivity index (χ4v) is 4.83. The number of ether oxygens (including phenoxy) is 2. The molecule has 3 N–H and O–H groups in total. The molecule has 47 heavy (non-hydrogen) atoms. The van der Waals surface area contributed by atoms with Crippen LogP contribution in [0.3, 0.4) is 0 Å². The lowest BCUT2D eigenvalue weighted by molar-refractivity contribution is -0.161. The zero-order valence-electron chi connectivity index (χ0n) is 29.2. The molecule has 0 aromatic heterocycles. The summed E-state index contributed by atoms with van der Waals surface area (Å²) in [7, 11) is -4.80. The van der Waals surface area contributed by atoms with Crippen LogP contribution in [-0.2, 0) is 28.2 Å². The number of phosphoric ester groups is 1. The third-order valence-corrected chi connectivity index (χ3v) is 7.57. The fourth-order valence-electron chi connectivity index (χ4n) is 4.47. The molecule has 0 amide bonds. The first-order valence-electron chi connectivity index (χ1n) is 17.5. The summed E-state index contributed by atoms with van der Waals surface area (Å²) in [5.41, 5.74) is 0. The van der Waals surface area contributed by atoms with Crippen LogP contribution in [0.25, 0.3) is 0 Å². The molecule has 10 heteroatoms. The maximum atomic E-state index is 12.3. The van der Waals surface area contributed by atoms with E-state index in [1.807, 2.05) is 12.2 Å². The van der Waals surface area contributed by atoms with Crippen molar-refractivity contribution in [1.29, 1.82) is 0 Å². The second-order valence-electron chi connectivity index (χ2n) is 12.1. The number of unbranched alkanes of at least 4 members (excludes halogenated alkanes) is 7. The summed E-state index contributed by atoms with van der Waals surface area (Å²) >= 11 is 0. The zero-order chi connectivity index (χ0) is 35.0. The van der Waals surface area contributed by atoms with Crippen LogP contribution < -0.4 is 0 Å². The van der Waals surface area contributed by atoms with Gasteiger partial charge in [0.1, 0.15) is 6.61 Å². The first-order chi connectivity index (χ1) is 22.5. The molecule has 0 spiro atoms. The quantitative estimate of drug-likeness (QED) is 0.0223. The number of hydrogen-bond donors (Lipinski definition) is 3. The third kappa shape index (κ3) is 34.9. The molecule has 0 aromatic rings. The number of hydrogen-bond acceptors (Lipinski definition) is 7. The first-order valence-corrected chi connectivity index (χ1v) is 19.1. The van der Waals surface area contributed by atoms with Crippen LogP contribution >= 0.6 is 7.82 Å². The van der Waals surface area contributed by atoms with Crippen molar-refractivity contribution in [3.63, 3.8) is 0 Å². The van der Waals surface area contributed by atoms with Gasteiger partial charge in [0.15, 0.2) is 6.10 Å². The molecule has 0 aliphatic carbocycles. The molecule has 0 radical (unpaired) electrons. The molecule has 270 valence electrons. The molecule has 2 atom stereocenters. The number of aliphatic hydroxyl groups is 1. The normalized spacial score (nSPS) is 14.0. The van der Waals surface area contributed by atoms with Gasteiger partial charge in [0.25, 0.3) is 0 Å². The average molecular weight is 683 g/mol. The van der Waals surface area contributed by atoms with Gasteiger partial charge in [-0.1, -0.05) is 133 Å². The molecule has 0 heterocycles. The Morgan fingerprint density at radius 3 is 1.83 bits per heavy atom. The third-order valence-electron chi connectivity index (χ3n) is 7.08. The predicted molar refractivity (Wildman–Crippen MR) is 190 cm³/mol. The topological polar surface area (TPSA) is 140 Å². The van der Waals surface area contributed by atoms with Crippen LogP contribution in [0.4, 0.5) is 0 Å². The van der Waals surface area contributed by atoms with Gasteiger partial charge in [-0.15, -0.1) is 0 Å². The molecular formula is C37H63O9P. The van der Waals surface area contributed by atoms with Gasteiger partial charge in [-0.25, -0.2) is 4.57 Å². The summed E-state index contributed by atoms with van der Waals surface area (Å²) in [4.78, 5) is 42.6. The van der Waals surface area contributed by atoms with Crippen molar-refractivity contribution in [1.82, 2.24) is 0 Å². The number of allylic oxidation sites excluding steroid dienone is 9. The maximum Gasteiger partial charge on any atom is 0.469 e. The molecule has 0 aromatic carbocycles. The van der Waals surface area contributed by atoms with Gasteiger partial charge in [0.05, 0.1) is 12.7 Å². The highest BCUT2D eigenvalue weighted by molar-refractivity contribution is 7.46. The van der Waals surface area contributed by atoms with E-state index >= 15 is 0 Å².